The Morgan fingerprint density at radius 1 is 1.28 bits per heavy atom. The number of benzene rings is 2. The van der Waals surface area contributed by atoms with E-state index in [1.54, 1.807) is 13.1 Å². The van der Waals surface area contributed by atoms with Crippen molar-refractivity contribution in [1.82, 2.24) is 10.6 Å². The van der Waals surface area contributed by atoms with Gasteiger partial charge in [-0.25, -0.2) is 8.78 Å². The number of aliphatic imine (C=N–C) groups is 1. The van der Waals surface area contributed by atoms with Crippen LogP contribution in [0.4, 0.5) is 14.5 Å². The molecule has 1 aliphatic rings. The van der Waals surface area contributed by atoms with Crippen LogP contribution >= 0.6 is 0 Å². The third-order valence-corrected chi connectivity index (χ3v) is 5.11. The van der Waals surface area contributed by atoms with Crippen molar-refractivity contribution < 1.29 is 8.78 Å². The van der Waals surface area contributed by atoms with E-state index in [2.05, 4.69) is 20.5 Å². The molecule has 0 aromatic heterocycles. The second kappa shape index (κ2) is 9.37. The van der Waals surface area contributed by atoms with Crippen molar-refractivity contribution in [2.75, 3.05) is 25.0 Å². The molecule has 3 rings (SSSR count). The minimum atomic E-state index is -0.359. The van der Waals surface area contributed by atoms with Gasteiger partial charge < -0.3 is 15.5 Å². The van der Waals surface area contributed by atoms with E-state index in [-0.39, 0.29) is 24.2 Å². The highest BCUT2D eigenvalue weighted by Gasteiger charge is 2.22. The van der Waals surface area contributed by atoms with Gasteiger partial charge in [0.05, 0.1) is 11.6 Å². The number of hydrogen-bond donors (Lipinski definition) is 2. The van der Waals surface area contributed by atoms with E-state index >= 15 is 0 Å². The van der Waals surface area contributed by atoms with Crippen LogP contribution in [0.1, 0.15) is 29.5 Å². The molecule has 1 heterocycles. The van der Waals surface area contributed by atoms with Crippen LogP contribution in [0.25, 0.3) is 0 Å². The van der Waals surface area contributed by atoms with E-state index in [0.717, 1.165) is 37.2 Å². The van der Waals surface area contributed by atoms with E-state index < -0.39 is 0 Å². The normalized spacial score (nSPS) is 17.0. The van der Waals surface area contributed by atoms with Crippen LogP contribution in [0.15, 0.2) is 41.4 Å². The molecule has 1 unspecified atom stereocenters. The van der Waals surface area contributed by atoms with Gasteiger partial charge in [-0.2, -0.15) is 5.26 Å². The number of nitriles is 1. The number of aryl methyl sites for hydroxylation is 1. The van der Waals surface area contributed by atoms with Crippen LogP contribution in [0.5, 0.6) is 0 Å². The minimum absolute atomic E-state index is 0.162. The van der Waals surface area contributed by atoms with Crippen molar-refractivity contribution in [3.05, 3.63) is 64.7 Å². The molecule has 1 atom stereocenters. The molecule has 7 heteroatoms. The van der Waals surface area contributed by atoms with Crippen molar-refractivity contribution in [2.45, 2.75) is 32.4 Å². The Hall–Kier alpha value is -3.14. The molecule has 2 aromatic rings. The van der Waals surface area contributed by atoms with Gasteiger partial charge in [-0.3, -0.25) is 4.99 Å². The Morgan fingerprint density at radius 3 is 2.83 bits per heavy atom. The Balaban J connectivity index is 1.61. The lowest BCUT2D eigenvalue weighted by atomic mass is 10.0. The van der Waals surface area contributed by atoms with E-state index in [9.17, 15) is 8.78 Å². The van der Waals surface area contributed by atoms with Crippen LogP contribution in [-0.2, 0) is 6.54 Å². The Morgan fingerprint density at radius 2 is 2.10 bits per heavy atom. The summed E-state index contributed by atoms with van der Waals surface area (Å²) in [4.78, 5) is 6.48. The van der Waals surface area contributed by atoms with Crippen molar-refractivity contribution in [2.24, 2.45) is 4.99 Å². The van der Waals surface area contributed by atoms with Crippen LogP contribution < -0.4 is 15.5 Å². The Labute approximate surface area is 170 Å². The van der Waals surface area contributed by atoms with Crippen molar-refractivity contribution in [1.29, 1.82) is 5.26 Å². The summed E-state index contributed by atoms with van der Waals surface area (Å²) in [5, 5.41) is 15.5. The highest BCUT2D eigenvalue weighted by atomic mass is 19.1. The SMILES string of the molecule is CN=C(NCc1cc(C#N)ccc1F)NC1CCCN(c2ccc(F)cc2C)C1. The summed E-state index contributed by atoms with van der Waals surface area (Å²) in [5.41, 5.74) is 2.79. The summed E-state index contributed by atoms with van der Waals surface area (Å²) in [5.74, 6) is -0.00717. The summed E-state index contributed by atoms with van der Waals surface area (Å²) in [6.07, 6.45) is 1.99. The minimum Gasteiger partial charge on any atom is -0.369 e. The Kier molecular flexibility index (Phi) is 6.65. The smallest absolute Gasteiger partial charge is 0.191 e. The van der Waals surface area contributed by atoms with Gasteiger partial charge in [-0.1, -0.05) is 0 Å². The maximum atomic E-state index is 14.0. The molecule has 152 valence electrons. The van der Waals surface area contributed by atoms with Gasteiger partial charge in [0.1, 0.15) is 11.6 Å². The van der Waals surface area contributed by atoms with Gasteiger partial charge in [-0.15, -0.1) is 0 Å². The molecule has 0 bridgehead atoms. The highest BCUT2D eigenvalue weighted by Crippen LogP contribution is 2.24. The monoisotopic (exact) mass is 397 g/mol. The summed E-state index contributed by atoms with van der Waals surface area (Å²) in [6.45, 7) is 3.84. The lowest BCUT2D eigenvalue weighted by molar-refractivity contribution is 0.467. The largest absolute Gasteiger partial charge is 0.369 e. The predicted molar refractivity (Wildman–Crippen MR) is 111 cm³/mol. The van der Waals surface area contributed by atoms with Gasteiger partial charge in [0, 0.05) is 44.0 Å². The first-order chi connectivity index (χ1) is 14.0. The maximum Gasteiger partial charge on any atom is 0.191 e. The molecular weight excluding hydrogens is 372 g/mol. The van der Waals surface area contributed by atoms with Crippen molar-refractivity contribution in [3.8, 4) is 6.07 Å². The van der Waals surface area contributed by atoms with Gasteiger partial charge in [0.25, 0.3) is 0 Å². The van der Waals surface area contributed by atoms with Gasteiger partial charge in [0.2, 0.25) is 0 Å². The number of anilines is 1. The first kappa shape index (κ1) is 20.6. The molecule has 5 nitrogen and oxygen atoms in total. The number of hydrogen-bond acceptors (Lipinski definition) is 3. The van der Waals surface area contributed by atoms with Crippen molar-refractivity contribution >= 4 is 11.6 Å². The quantitative estimate of drug-likeness (QED) is 0.613. The number of halogens is 2. The number of guanidine groups is 1. The molecule has 1 aliphatic heterocycles. The number of nitrogens with one attached hydrogen (secondary N) is 2. The molecule has 29 heavy (non-hydrogen) atoms. The molecule has 1 fully saturated rings. The lowest BCUT2D eigenvalue weighted by Gasteiger charge is -2.36. The average Bonchev–Trinajstić information content (AvgIpc) is 2.72. The van der Waals surface area contributed by atoms with E-state index in [0.29, 0.717) is 17.1 Å². The second-order valence-corrected chi connectivity index (χ2v) is 7.20. The van der Waals surface area contributed by atoms with Crippen LogP contribution in [0.2, 0.25) is 0 Å². The summed E-state index contributed by atoms with van der Waals surface area (Å²) >= 11 is 0. The van der Waals surface area contributed by atoms with E-state index in [1.165, 1.54) is 24.3 Å². The molecule has 2 aromatic carbocycles. The third-order valence-electron chi connectivity index (χ3n) is 5.11. The lowest BCUT2D eigenvalue weighted by Crippen LogP contribution is -2.51. The summed E-state index contributed by atoms with van der Waals surface area (Å²) in [6, 6.07) is 11.3. The molecule has 2 N–H and O–H groups in total. The molecule has 0 radical (unpaired) electrons. The average molecular weight is 397 g/mol. The fourth-order valence-electron chi connectivity index (χ4n) is 3.63. The van der Waals surface area contributed by atoms with Gasteiger partial charge in [0.15, 0.2) is 5.96 Å². The summed E-state index contributed by atoms with van der Waals surface area (Å²) in [7, 11) is 1.67. The molecule has 0 saturated carbocycles. The van der Waals surface area contributed by atoms with Crippen LogP contribution in [0, 0.1) is 29.9 Å². The number of nitrogens with zero attached hydrogens (tertiary/aromatic N) is 3. The molecule has 1 saturated heterocycles. The van der Waals surface area contributed by atoms with Gasteiger partial charge >= 0.3 is 0 Å². The number of piperidine rings is 1. The highest BCUT2D eigenvalue weighted by molar-refractivity contribution is 5.80. The zero-order chi connectivity index (χ0) is 20.8. The van der Waals surface area contributed by atoms with E-state index in [4.69, 9.17) is 5.26 Å². The topological polar surface area (TPSA) is 63.5 Å². The fourth-order valence-corrected chi connectivity index (χ4v) is 3.63. The first-order valence-electron chi connectivity index (χ1n) is 9.67. The van der Waals surface area contributed by atoms with Crippen LogP contribution in [0.3, 0.4) is 0 Å². The van der Waals surface area contributed by atoms with E-state index in [1.807, 2.05) is 19.1 Å². The predicted octanol–water partition coefficient (Wildman–Crippen LogP) is 3.48. The zero-order valence-corrected chi connectivity index (χ0v) is 16.7. The summed E-state index contributed by atoms with van der Waals surface area (Å²) < 4.78 is 27.4. The molecule has 0 amide bonds. The standard InChI is InChI=1S/C22H25F2N5/c1-15-10-18(23)6-8-21(15)29-9-3-4-19(14-29)28-22(26-2)27-13-17-11-16(12-25)5-7-20(17)24/h5-8,10-11,19H,3-4,9,13-14H2,1-2H3,(H2,26,27,28). The van der Waals surface area contributed by atoms with Crippen LogP contribution in [-0.4, -0.2) is 32.1 Å². The third kappa shape index (κ3) is 5.23. The Bertz CT molecular complexity index is 935. The molecular formula is C22H25F2N5. The van der Waals surface area contributed by atoms with Crippen molar-refractivity contribution in [3.63, 3.8) is 0 Å². The fraction of sp³-hybridized carbons (Fsp3) is 0.364. The zero-order valence-electron chi connectivity index (χ0n) is 16.7. The first-order valence-corrected chi connectivity index (χ1v) is 9.67. The maximum absolute atomic E-state index is 14.0. The molecule has 0 spiro atoms. The molecule has 0 aliphatic carbocycles. The second-order valence-electron chi connectivity index (χ2n) is 7.20. The number of rotatable bonds is 4. The van der Waals surface area contributed by atoms with Gasteiger partial charge in [-0.05, 0) is 61.7 Å².